The van der Waals surface area contributed by atoms with Crippen LogP contribution in [0.1, 0.15) is 107 Å². The molecule has 1 unspecified atom stereocenters. The summed E-state index contributed by atoms with van der Waals surface area (Å²) in [7, 11) is 0. The quantitative estimate of drug-likeness (QED) is 0.0731. The first-order valence-electron chi connectivity index (χ1n) is 18.6. The molecule has 0 amide bonds. The second-order valence-electron chi connectivity index (χ2n) is 14.2. The maximum Gasteiger partial charge on any atom is 0.309 e. The molecule has 3 heterocycles. The Morgan fingerprint density at radius 2 is 1.57 bits per heavy atom. The number of unbranched alkanes of at least 4 members (excludes halogenated alkanes) is 4. The van der Waals surface area contributed by atoms with Crippen LogP contribution in [-0.4, -0.2) is 45.5 Å². The monoisotopic (exact) mass is 706 g/mol. The van der Waals surface area contributed by atoms with Crippen molar-refractivity contribution in [2.24, 2.45) is 0 Å². The van der Waals surface area contributed by atoms with Crippen LogP contribution in [0.3, 0.4) is 0 Å². The van der Waals surface area contributed by atoms with E-state index in [4.69, 9.17) is 0 Å². The molecule has 0 spiro atoms. The third-order valence-electron chi connectivity index (χ3n) is 10.7. The lowest BCUT2D eigenvalue weighted by Gasteiger charge is -2.34. The highest BCUT2D eigenvalue weighted by Gasteiger charge is 2.49. The highest BCUT2D eigenvalue weighted by molar-refractivity contribution is 7.09. The van der Waals surface area contributed by atoms with Crippen molar-refractivity contribution < 1.29 is 24.4 Å². The average molecular weight is 707 g/mol. The van der Waals surface area contributed by atoms with Gasteiger partial charge in [0.15, 0.2) is 12.3 Å². The summed E-state index contributed by atoms with van der Waals surface area (Å²) in [6.07, 6.45) is 13.5. The van der Waals surface area contributed by atoms with E-state index in [0.29, 0.717) is 18.5 Å². The number of carboxylic acids is 2. The number of nitriles is 1. The lowest BCUT2D eigenvalue weighted by atomic mass is 9.71. The SMILES string of the molecule is CCCCC1(CCCC)/C(=C/C(C#N)=C/C2=[N+](CCC(=O)O)c3ccccc3C2(C)Cc2cccs2)N(CCCCCC(=O)O)c2ccccc21. The predicted octanol–water partition coefficient (Wildman–Crippen LogP) is 9.94. The van der Waals surface area contributed by atoms with E-state index in [9.17, 15) is 25.1 Å². The van der Waals surface area contributed by atoms with E-state index < -0.39 is 17.4 Å². The molecule has 2 aliphatic rings. The first-order chi connectivity index (χ1) is 24.7. The minimum absolute atomic E-state index is 0.0220. The Bertz CT molecular complexity index is 1830. The number of thiophene rings is 1. The Hall–Kier alpha value is -4.48. The fourth-order valence-corrected chi connectivity index (χ4v) is 9.06. The molecule has 1 aromatic heterocycles. The molecule has 8 heteroatoms. The second-order valence-corrected chi connectivity index (χ2v) is 15.2. The van der Waals surface area contributed by atoms with Gasteiger partial charge in [-0.2, -0.15) is 9.84 Å². The molecular formula is C43H52N3O4S+. The minimum Gasteiger partial charge on any atom is -0.481 e. The predicted molar refractivity (Wildman–Crippen MR) is 206 cm³/mol. The van der Waals surface area contributed by atoms with Crippen molar-refractivity contribution in [3.8, 4) is 6.07 Å². The summed E-state index contributed by atoms with van der Waals surface area (Å²) in [5.74, 6) is -1.62. The standard InChI is InChI=1S/C43H51N3O4S/c1-4-6-23-43(24-7-5-2)35-18-11-13-20-37(35)45(25-14-8-9-21-40(47)48)39(43)29-32(31-44)28-38-42(3,30-33-16-15-27-51-33)34-17-10-12-19-36(34)46(38)26-22-41(49)50/h10-13,15-20,27-29H,4-9,14,21-26,30H2,1-3H3,(H-,47,48,49,50)/p+1. The van der Waals surface area contributed by atoms with Crippen LogP contribution in [0.15, 0.2) is 89.5 Å². The smallest absolute Gasteiger partial charge is 0.309 e. The number of hydrogen-bond donors (Lipinski definition) is 2. The van der Waals surface area contributed by atoms with Gasteiger partial charge in [-0.1, -0.05) is 88.4 Å². The van der Waals surface area contributed by atoms with E-state index in [1.165, 1.54) is 16.1 Å². The first kappa shape index (κ1) is 37.8. The molecule has 2 aliphatic heterocycles. The van der Waals surface area contributed by atoms with Crippen molar-refractivity contribution in [3.63, 3.8) is 0 Å². The number of carbonyl (C=O) groups is 2. The third-order valence-corrected chi connectivity index (χ3v) is 11.6. The highest BCUT2D eigenvalue weighted by atomic mass is 32.1. The third kappa shape index (κ3) is 8.20. The number of aliphatic carboxylic acids is 2. The summed E-state index contributed by atoms with van der Waals surface area (Å²) < 4.78 is 2.12. The van der Waals surface area contributed by atoms with Gasteiger partial charge in [0.25, 0.3) is 0 Å². The van der Waals surface area contributed by atoms with Gasteiger partial charge in [0.05, 0.1) is 17.1 Å². The van der Waals surface area contributed by atoms with Crippen LogP contribution in [0.4, 0.5) is 11.4 Å². The molecule has 0 bridgehead atoms. The normalized spacial score (nSPS) is 18.6. The average Bonchev–Trinajstić information content (AvgIpc) is 3.78. The van der Waals surface area contributed by atoms with Gasteiger partial charge in [-0.25, -0.2) is 0 Å². The van der Waals surface area contributed by atoms with Gasteiger partial charge in [0, 0.05) is 58.8 Å². The first-order valence-corrected chi connectivity index (χ1v) is 19.5. The van der Waals surface area contributed by atoms with Crippen molar-refractivity contribution in [3.05, 3.63) is 105 Å². The van der Waals surface area contributed by atoms with Crippen molar-refractivity contribution in [2.75, 3.05) is 18.0 Å². The number of hydrogen-bond acceptors (Lipinski definition) is 5. The maximum atomic E-state index is 11.9. The van der Waals surface area contributed by atoms with Crippen LogP contribution in [0.25, 0.3) is 0 Å². The number of carboxylic acid groups (broad SMARTS) is 2. The van der Waals surface area contributed by atoms with E-state index in [-0.39, 0.29) is 18.3 Å². The van der Waals surface area contributed by atoms with Gasteiger partial charge >= 0.3 is 11.9 Å². The highest BCUT2D eigenvalue weighted by Crippen LogP contribution is 2.54. The van der Waals surface area contributed by atoms with Crippen LogP contribution in [0.2, 0.25) is 0 Å². The van der Waals surface area contributed by atoms with E-state index in [1.54, 1.807) is 11.3 Å². The molecule has 0 fully saturated rings. The van der Waals surface area contributed by atoms with Crippen molar-refractivity contribution >= 4 is 40.4 Å². The molecule has 0 radical (unpaired) electrons. The summed E-state index contributed by atoms with van der Waals surface area (Å²) in [5.41, 5.74) is 6.51. The van der Waals surface area contributed by atoms with Gasteiger partial charge in [0.2, 0.25) is 5.69 Å². The molecule has 268 valence electrons. The van der Waals surface area contributed by atoms with Gasteiger partial charge in [-0.3, -0.25) is 9.59 Å². The number of anilines is 1. The molecule has 0 saturated carbocycles. The van der Waals surface area contributed by atoms with E-state index in [2.05, 4.69) is 96.3 Å². The van der Waals surface area contributed by atoms with E-state index >= 15 is 0 Å². The Morgan fingerprint density at radius 3 is 2.22 bits per heavy atom. The molecule has 2 N–H and O–H groups in total. The fourth-order valence-electron chi connectivity index (χ4n) is 8.20. The van der Waals surface area contributed by atoms with Crippen molar-refractivity contribution in [2.45, 2.75) is 109 Å². The summed E-state index contributed by atoms with van der Waals surface area (Å²) in [5, 5.41) is 32.0. The van der Waals surface area contributed by atoms with Crippen molar-refractivity contribution in [1.29, 1.82) is 5.26 Å². The van der Waals surface area contributed by atoms with E-state index in [1.807, 2.05) is 18.2 Å². The topological polar surface area (TPSA) is 105 Å². The number of allylic oxidation sites excluding steroid dienone is 4. The summed E-state index contributed by atoms with van der Waals surface area (Å²) >= 11 is 1.71. The zero-order valence-corrected chi connectivity index (χ0v) is 31.2. The van der Waals surface area contributed by atoms with Gasteiger partial charge in [-0.05, 0) is 61.8 Å². The number of benzene rings is 2. The Morgan fingerprint density at radius 1 is 0.882 bits per heavy atom. The van der Waals surface area contributed by atoms with E-state index in [0.717, 1.165) is 87.0 Å². The van der Waals surface area contributed by atoms with Crippen molar-refractivity contribution in [1.82, 2.24) is 0 Å². The number of rotatable bonds is 19. The minimum atomic E-state index is -0.857. The number of para-hydroxylation sites is 2. The Labute approximate surface area is 307 Å². The largest absolute Gasteiger partial charge is 0.481 e. The lowest BCUT2D eigenvalue weighted by molar-refractivity contribution is -0.436. The maximum absolute atomic E-state index is 11.9. The fraction of sp³-hybridized carbons (Fsp3) is 0.442. The molecule has 2 aromatic carbocycles. The van der Waals surface area contributed by atoms with Crippen LogP contribution in [0.5, 0.6) is 0 Å². The van der Waals surface area contributed by atoms with Gasteiger partial charge in [0.1, 0.15) is 6.42 Å². The summed E-state index contributed by atoms with van der Waals surface area (Å²) in [4.78, 5) is 26.8. The molecule has 7 nitrogen and oxygen atoms in total. The molecule has 0 saturated heterocycles. The molecule has 0 aliphatic carbocycles. The van der Waals surface area contributed by atoms with Crippen LogP contribution < -0.4 is 4.90 Å². The summed E-state index contributed by atoms with van der Waals surface area (Å²) in [6.45, 7) is 7.73. The lowest BCUT2D eigenvalue weighted by Crippen LogP contribution is -2.34. The number of nitrogens with zero attached hydrogens (tertiary/aromatic N) is 3. The van der Waals surface area contributed by atoms with Crippen LogP contribution in [-0.2, 0) is 26.8 Å². The molecule has 3 aromatic rings. The molecule has 1 atom stereocenters. The van der Waals surface area contributed by atoms with Gasteiger partial charge in [-0.15, -0.1) is 11.3 Å². The Kier molecular flexibility index (Phi) is 12.7. The zero-order valence-electron chi connectivity index (χ0n) is 30.4. The van der Waals surface area contributed by atoms with Crippen LogP contribution >= 0.6 is 11.3 Å². The number of fused-ring (bicyclic) bond motifs is 2. The zero-order chi connectivity index (χ0) is 36.4. The molecule has 5 rings (SSSR count). The molecule has 51 heavy (non-hydrogen) atoms. The van der Waals surface area contributed by atoms with Gasteiger partial charge < -0.3 is 15.1 Å². The van der Waals surface area contributed by atoms with Crippen LogP contribution in [0, 0.1) is 11.3 Å². The summed E-state index contributed by atoms with van der Waals surface area (Å²) in [6, 6.07) is 23.7. The Balaban J connectivity index is 1.69. The molecular weight excluding hydrogens is 655 g/mol. The second kappa shape index (κ2) is 17.2.